The first-order valence-corrected chi connectivity index (χ1v) is 7.66. The van der Waals surface area contributed by atoms with E-state index in [0.29, 0.717) is 12.5 Å². The Morgan fingerprint density at radius 1 is 1.14 bits per heavy atom. The molecule has 2 N–H and O–H groups in total. The van der Waals surface area contributed by atoms with Crippen LogP contribution in [-0.4, -0.2) is 6.54 Å². The minimum Gasteiger partial charge on any atom is -0.457 e. The van der Waals surface area contributed by atoms with Crippen LogP contribution < -0.4 is 10.5 Å². The maximum atomic E-state index is 6.29. The third-order valence-electron chi connectivity index (χ3n) is 3.50. The van der Waals surface area contributed by atoms with Gasteiger partial charge in [-0.15, -0.1) is 0 Å². The van der Waals surface area contributed by atoms with Gasteiger partial charge in [-0.3, -0.25) is 0 Å². The Morgan fingerprint density at radius 3 is 2.38 bits per heavy atom. The van der Waals surface area contributed by atoms with Gasteiger partial charge in [-0.25, -0.2) is 0 Å². The van der Waals surface area contributed by atoms with E-state index in [1.165, 1.54) is 5.56 Å². The number of halogens is 1. The Bertz CT molecular complexity index is 605. The lowest BCUT2D eigenvalue weighted by atomic mass is 10.0. The number of aryl methyl sites for hydroxylation is 1. The SMILES string of the molecule is Cc1cc(Cl)c(C(C)C)cc1Oc1ccc(CCN)cc1. The molecule has 2 aromatic carbocycles. The van der Waals surface area contributed by atoms with Crippen molar-refractivity contribution in [3.05, 3.63) is 58.1 Å². The zero-order chi connectivity index (χ0) is 15.4. The van der Waals surface area contributed by atoms with Gasteiger partial charge < -0.3 is 10.5 Å². The fraction of sp³-hybridized carbons (Fsp3) is 0.333. The van der Waals surface area contributed by atoms with E-state index in [-0.39, 0.29) is 0 Å². The van der Waals surface area contributed by atoms with Crippen molar-refractivity contribution in [1.82, 2.24) is 0 Å². The molecule has 0 heterocycles. The number of nitrogens with two attached hydrogens (primary N) is 1. The standard InChI is InChI=1S/C18H22ClNO/c1-12(2)16-11-18(13(3)10-17(16)19)21-15-6-4-14(5-7-15)8-9-20/h4-7,10-12H,8-9,20H2,1-3H3. The summed E-state index contributed by atoms with van der Waals surface area (Å²) in [5, 5.41) is 0.799. The molecule has 2 rings (SSSR count). The molecule has 0 aliphatic carbocycles. The van der Waals surface area contributed by atoms with Crippen molar-refractivity contribution in [2.24, 2.45) is 5.73 Å². The van der Waals surface area contributed by atoms with Gasteiger partial charge in [0.15, 0.2) is 0 Å². The van der Waals surface area contributed by atoms with Crippen LogP contribution in [0.3, 0.4) is 0 Å². The van der Waals surface area contributed by atoms with Crippen LogP contribution in [0.25, 0.3) is 0 Å². The summed E-state index contributed by atoms with van der Waals surface area (Å²) in [6.45, 7) is 6.92. The summed E-state index contributed by atoms with van der Waals surface area (Å²) in [5.74, 6) is 2.05. The maximum Gasteiger partial charge on any atom is 0.130 e. The first kappa shape index (κ1) is 15.9. The van der Waals surface area contributed by atoms with E-state index in [4.69, 9.17) is 22.1 Å². The molecule has 2 aromatic rings. The monoisotopic (exact) mass is 303 g/mol. The molecule has 3 heteroatoms. The maximum absolute atomic E-state index is 6.29. The van der Waals surface area contributed by atoms with E-state index in [1.807, 2.05) is 31.2 Å². The molecular weight excluding hydrogens is 282 g/mol. The van der Waals surface area contributed by atoms with Crippen molar-refractivity contribution in [3.8, 4) is 11.5 Å². The molecule has 0 saturated carbocycles. The first-order chi connectivity index (χ1) is 10.0. The molecule has 0 fully saturated rings. The quantitative estimate of drug-likeness (QED) is 0.837. The molecule has 0 aliphatic rings. The molecule has 0 unspecified atom stereocenters. The summed E-state index contributed by atoms with van der Waals surface area (Å²) in [6, 6.07) is 12.1. The summed E-state index contributed by atoms with van der Waals surface area (Å²) in [6.07, 6.45) is 0.887. The van der Waals surface area contributed by atoms with E-state index < -0.39 is 0 Å². The van der Waals surface area contributed by atoms with Crippen LogP contribution in [0, 0.1) is 6.92 Å². The average Bonchev–Trinajstić information content (AvgIpc) is 2.43. The van der Waals surface area contributed by atoms with E-state index in [2.05, 4.69) is 26.0 Å². The lowest BCUT2D eigenvalue weighted by molar-refractivity contribution is 0.477. The molecule has 0 atom stereocenters. The molecule has 112 valence electrons. The smallest absolute Gasteiger partial charge is 0.130 e. The number of hydrogen-bond acceptors (Lipinski definition) is 2. The minimum atomic E-state index is 0.368. The van der Waals surface area contributed by atoms with E-state index >= 15 is 0 Å². The molecule has 0 radical (unpaired) electrons. The third-order valence-corrected chi connectivity index (χ3v) is 3.83. The molecule has 21 heavy (non-hydrogen) atoms. The molecule has 0 amide bonds. The summed E-state index contributed by atoms with van der Waals surface area (Å²) >= 11 is 6.29. The van der Waals surface area contributed by atoms with Crippen molar-refractivity contribution in [2.45, 2.75) is 33.1 Å². The second-order valence-corrected chi connectivity index (χ2v) is 5.99. The van der Waals surface area contributed by atoms with Crippen molar-refractivity contribution in [2.75, 3.05) is 6.54 Å². The summed E-state index contributed by atoms with van der Waals surface area (Å²) in [5.41, 5.74) is 8.93. The van der Waals surface area contributed by atoms with Crippen LogP contribution in [0.1, 0.15) is 36.5 Å². The lowest BCUT2D eigenvalue weighted by Gasteiger charge is -2.14. The Labute approximate surface area is 131 Å². The molecular formula is C18H22ClNO. The normalized spacial score (nSPS) is 11.0. The van der Waals surface area contributed by atoms with Gasteiger partial charge in [0, 0.05) is 5.02 Å². The highest BCUT2D eigenvalue weighted by Gasteiger charge is 2.10. The summed E-state index contributed by atoms with van der Waals surface area (Å²) in [7, 11) is 0. The highest BCUT2D eigenvalue weighted by molar-refractivity contribution is 6.31. The van der Waals surface area contributed by atoms with Crippen molar-refractivity contribution < 1.29 is 4.74 Å². The Kier molecular flexibility index (Phi) is 5.27. The Morgan fingerprint density at radius 2 is 1.81 bits per heavy atom. The van der Waals surface area contributed by atoms with Crippen LogP contribution in [-0.2, 0) is 6.42 Å². The van der Waals surface area contributed by atoms with E-state index in [1.54, 1.807) is 0 Å². The predicted octanol–water partition coefficient (Wildman–Crippen LogP) is 5.07. The second-order valence-electron chi connectivity index (χ2n) is 5.58. The number of rotatable bonds is 5. The zero-order valence-electron chi connectivity index (χ0n) is 12.8. The highest BCUT2D eigenvalue weighted by Crippen LogP contribution is 2.33. The van der Waals surface area contributed by atoms with Crippen molar-refractivity contribution in [3.63, 3.8) is 0 Å². The second kappa shape index (κ2) is 6.97. The van der Waals surface area contributed by atoms with Crippen LogP contribution in [0.4, 0.5) is 0 Å². The van der Waals surface area contributed by atoms with Gasteiger partial charge in [0.2, 0.25) is 0 Å². The Hall–Kier alpha value is -1.51. The van der Waals surface area contributed by atoms with Gasteiger partial charge in [-0.05, 0) is 66.8 Å². The summed E-state index contributed by atoms with van der Waals surface area (Å²) < 4.78 is 6.00. The van der Waals surface area contributed by atoms with Crippen LogP contribution in [0.15, 0.2) is 36.4 Å². The average molecular weight is 304 g/mol. The minimum absolute atomic E-state index is 0.368. The van der Waals surface area contributed by atoms with Crippen LogP contribution in [0.5, 0.6) is 11.5 Å². The van der Waals surface area contributed by atoms with Gasteiger partial charge in [0.25, 0.3) is 0 Å². The van der Waals surface area contributed by atoms with Gasteiger partial charge in [0.1, 0.15) is 11.5 Å². The summed E-state index contributed by atoms with van der Waals surface area (Å²) in [4.78, 5) is 0. The molecule has 0 aliphatic heterocycles. The zero-order valence-corrected chi connectivity index (χ0v) is 13.6. The van der Waals surface area contributed by atoms with Gasteiger partial charge >= 0.3 is 0 Å². The lowest BCUT2D eigenvalue weighted by Crippen LogP contribution is -2.02. The predicted molar refractivity (Wildman–Crippen MR) is 89.6 cm³/mol. The van der Waals surface area contributed by atoms with Crippen molar-refractivity contribution in [1.29, 1.82) is 0 Å². The van der Waals surface area contributed by atoms with Gasteiger partial charge in [0.05, 0.1) is 0 Å². The highest BCUT2D eigenvalue weighted by atomic mass is 35.5. The number of ether oxygens (including phenoxy) is 1. The fourth-order valence-electron chi connectivity index (χ4n) is 2.24. The topological polar surface area (TPSA) is 35.2 Å². The van der Waals surface area contributed by atoms with E-state index in [9.17, 15) is 0 Å². The molecule has 2 nitrogen and oxygen atoms in total. The van der Waals surface area contributed by atoms with Gasteiger partial charge in [-0.2, -0.15) is 0 Å². The van der Waals surface area contributed by atoms with Crippen LogP contribution in [0.2, 0.25) is 5.02 Å². The largest absolute Gasteiger partial charge is 0.457 e. The Balaban J connectivity index is 2.24. The molecule has 0 saturated heterocycles. The first-order valence-electron chi connectivity index (χ1n) is 7.28. The number of benzene rings is 2. The molecule has 0 aromatic heterocycles. The van der Waals surface area contributed by atoms with Crippen molar-refractivity contribution >= 4 is 11.6 Å². The molecule has 0 spiro atoms. The third kappa shape index (κ3) is 3.99. The van der Waals surface area contributed by atoms with Gasteiger partial charge in [-0.1, -0.05) is 37.6 Å². The fourth-order valence-corrected chi connectivity index (χ4v) is 2.68. The number of hydrogen-bond donors (Lipinski definition) is 1. The molecule has 0 bridgehead atoms. The van der Waals surface area contributed by atoms with E-state index in [0.717, 1.165) is 34.1 Å². The van der Waals surface area contributed by atoms with Crippen LogP contribution >= 0.6 is 11.6 Å².